The van der Waals surface area contributed by atoms with Crippen molar-refractivity contribution < 1.29 is 19.8 Å². The van der Waals surface area contributed by atoms with Crippen molar-refractivity contribution in [2.24, 2.45) is 0 Å². The standard InChI is InChI=1S/C49H35N3O4S4/c1-30-25-31(2)47(32(3)26-30)52(36-11-5-33(6-12-36)9-15-38-17-21-43(57-38)45-23-19-40(59-45)27-35(29-50)48(53)54)37-13-7-34(8-14-37)10-16-39-18-22-44(58-39)46-24-20-41(60-46)28-42(51-4)49(55)56/h5-28H,1-3H3,(H,53,54)(H,55,56)/b15-9+,16-10+,35-27+,42-28-. The van der Waals surface area contributed by atoms with Gasteiger partial charge in [-0.15, -0.1) is 45.3 Å². The van der Waals surface area contributed by atoms with E-state index in [9.17, 15) is 19.8 Å². The van der Waals surface area contributed by atoms with Gasteiger partial charge in [-0.3, -0.25) is 4.79 Å². The highest BCUT2D eigenvalue weighted by Gasteiger charge is 2.18. The van der Waals surface area contributed by atoms with E-state index in [4.69, 9.17) is 11.8 Å². The predicted octanol–water partition coefficient (Wildman–Crippen LogP) is 14.3. The van der Waals surface area contributed by atoms with E-state index in [0.29, 0.717) is 0 Å². The summed E-state index contributed by atoms with van der Waals surface area (Å²) in [6.07, 6.45) is 11.2. The first-order valence-corrected chi connectivity index (χ1v) is 21.8. The number of hydrogen-bond acceptors (Lipinski definition) is 8. The highest BCUT2D eigenvalue weighted by atomic mass is 32.1. The van der Waals surface area contributed by atoms with Crippen LogP contribution >= 0.6 is 45.3 Å². The number of nitrogens with zero attached hydrogens (tertiary/aromatic N) is 3. The van der Waals surface area contributed by atoms with Crippen molar-refractivity contribution in [2.75, 3.05) is 4.90 Å². The molecule has 2 N–H and O–H groups in total. The Labute approximate surface area is 364 Å². The van der Waals surface area contributed by atoms with Gasteiger partial charge in [-0.1, -0.05) is 54.1 Å². The smallest absolute Gasteiger partial charge is 0.346 e. The topological polar surface area (TPSA) is 106 Å². The quantitative estimate of drug-likeness (QED) is 0.0680. The van der Waals surface area contributed by atoms with Crippen LogP contribution in [-0.2, 0) is 9.59 Å². The Morgan fingerprint density at radius 3 is 1.42 bits per heavy atom. The van der Waals surface area contributed by atoms with Gasteiger partial charge in [0.15, 0.2) is 0 Å². The van der Waals surface area contributed by atoms with E-state index in [-0.39, 0.29) is 11.3 Å². The number of carboxylic acid groups (broad SMARTS) is 2. The third kappa shape index (κ3) is 9.70. The minimum Gasteiger partial charge on any atom is -0.486 e. The van der Waals surface area contributed by atoms with E-state index in [1.807, 2.05) is 24.3 Å². The van der Waals surface area contributed by atoms with Crippen LogP contribution < -0.4 is 4.90 Å². The molecular weight excluding hydrogens is 823 g/mol. The van der Waals surface area contributed by atoms with Gasteiger partial charge in [0.2, 0.25) is 0 Å². The number of anilines is 3. The molecule has 7 nitrogen and oxygen atoms in total. The number of thiophene rings is 4. The van der Waals surface area contributed by atoms with E-state index in [1.165, 1.54) is 51.5 Å². The summed E-state index contributed by atoms with van der Waals surface area (Å²) in [7, 11) is 0. The Morgan fingerprint density at radius 1 is 0.600 bits per heavy atom. The Morgan fingerprint density at radius 2 is 1.02 bits per heavy atom. The average Bonchev–Trinajstić information content (AvgIpc) is 4.07. The molecule has 0 atom stereocenters. The first-order valence-electron chi connectivity index (χ1n) is 18.5. The largest absolute Gasteiger partial charge is 0.486 e. The lowest BCUT2D eigenvalue weighted by atomic mass is 10.0. The van der Waals surface area contributed by atoms with Crippen molar-refractivity contribution in [3.63, 3.8) is 0 Å². The molecular formula is C49H35N3O4S4. The van der Waals surface area contributed by atoms with Crippen LogP contribution in [0.2, 0.25) is 0 Å². The second kappa shape index (κ2) is 18.4. The van der Waals surface area contributed by atoms with Crippen molar-refractivity contribution >= 4 is 111 Å². The fourth-order valence-corrected chi connectivity index (χ4v) is 10.5. The second-order valence-corrected chi connectivity index (χ2v) is 18.1. The molecule has 7 rings (SSSR count). The molecule has 0 bridgehead atoms. The zero-order valence-electron chi connectivity index (χ0n) is 32.5. The fraction of sp³-hybridized carbons (Fsp3) is 0.0612. The lowest BCUT2D eigenvalue weighted by Crippen LogP contribution is -2.13. The van der Waals surface area contributed by atoms with Crippen LogP contribution in [0.5, 0.6) is 0 Å². The molecule has 0 radical (unpaired) electrons. The molecule has 11 heteroatoms. The van der Waals surface area contributed by atoms with Gasteiger partial charge in [0.05, 0.1) is 12.3 Å². The number of aliphatic carboxylic acids is 2. The van der Waals surface area contributed by atoms with E-state index < -0.39 is 11.9 Å². The maximum Gasteiger partial charge on any atom is 0.346 e. The SMILES string of the molecule is [C-]#[N+]/C(=C\c1ccc(-c2ccc(/C=C/c3ccc(N(c4ccc(/C=C/c5ccc(-c6ccc(/C=C(\C#N)C(=O)O)s6)s5)cc4)c4c(C)cc(C)cc4C)cc3)s2)s1)C(=O)O. The van der Waals surface area contributed by atoms with Crippen LogP contribution in [0, 0.1) is 38.7 Å². The maximum atomic E-state index is 11.3. The second-order valence-electron chi connectivity index (χ2n) is 13.7. The number of benzene rings is 3. The third-order valence-corrected chi connectivity index (χ3v) is 13.8. The third-order valence-electron chi connectivity index (χ3n) is 9.29. The highest BCUT2D eigenvalue weighted by Crippen LogP contribution is 2.40. The Balaban J connectivity index is 1.08. The molecule has 294 valence electrons. The summed E-state index contributed by atoms with van der Waals surface area (Å²) in [5.74, 6) is -2.46. The summed E-state index contributed by atoms with van der Waals surface area (Å²) in [5, 5.41) is 27.5. The Hall–Kier alpha value is -6.86. The van der Waals surface area contributed by atoms with Crippen LogP contribution in [0.25, 0.3) is 60.8 Å². The molecule has 7 aromatic rings. The highest BCUT2D eigenvalue weighted by molar-refractivity contribution is 7.23. The van der Waals surface area contributed by atoms with Gasteiger partial charge in [0.1, 0.15) is 11.6 Å². The van der Waals surface area contributed by atoms with Crippen LogP contribution in [0.4, 0.5) is 17.1 Å². The molecule has 3 aromatic carbocycles. The van der Waals surface area contributed by atoms with Crippen LogP contribution in [-0.4, -0.2) is 22.2 Å². The molecule has 0 unspecified atom stereocenters. The molecule has 0 saturated carbocycles. The molecule has 0 fully saturated rings. The molecule has 0 aliphatic rings. The molecule has 4 aromatic heterocycles. The average molecular weight is 858 g/mol. The first kappa shape index (κ1) is 41.3. The molecule has 4 heterocycles. The van der Waals surface area contributed by atoms with Gasteiger partial charge in [0.25, 0.3) is 5.70 Å². The van der Waals surface area contributed by atoms with E-state index >= 15 is 0 Å². The summed E-state index contributed by atoms with van der Waals surface area (Å²) in [6, 6.07) is 39.1. The fourth-order valence-electron chi connectivity index (χ4n) is 6.59. The van der Waals surface area contributed by atoms with Gasteiger partial charge in [-0.2, -0.15) is 5.26 Å². The molecule has 0 aliphatic heterocycles. The lowest BCUT2D eigenvalue weighted by molar-refractivity contribution is -0.133. The van der Waals surface area contributed by atoms with Gasteiger partial charge in [-0.25, -0.2) is 9.64 Å². The van der Waals surface area contributed by atoms with E-state index in [0.717, 1.165) is 67.2 Å². The van der Waals surface area contributed by atoms with Crippen molar-refractivity contribution in [3.8, 4) is 25.6 Å². The van der Waals surface area contributed by atoms with Crippen LogP contribution in [0.1, 0.15) is 47.3 Å². The summed E-state index contributed by atoms with van der Waals surface area (Å²) in [5.41, 5.74) is 8.36. The van der Waals surface area contributed by atoms with Gasteiger partial charge < -0.3 is 15.1 Å². The Bertz CT molecular complexity index is 2750. The normalized spacial score (nSPS) is 11.9. The Kier molecular flexibility index (Phi) is 12.7. The van der Waals surface area contributed by atoms with Crippen molar-refractivity contribution in [1.82, 2.24) is 0 Å². The minimum atomic E-state index is -1.23. The van der Waals surface area contributed by atoms with E-state index in [2.05, 4.69) is 140 Å². The molecule has 0 saturated heterocycles. The number of carboxylic acids is 2. The van der Waals surface area contributed by atoms with Crippen molar-refractivity contribution in [1.29, 1.82) is 5.26 Å². The zero-order chi connectivity index (χ0) is 42.3. The number of aryl methyl sites for hydroxylation is 3. The summed E-state index contributed by atoms with van der Waals surface area (Å²) < 4.78 is 0. The van der Waals surface area contributed by atoms with Crippen molar-refractivity contribution in [2.45, 2.75) is 20.8 Å². The summed E-state index contributed by atoms with van der Waals surface area (Å²) in [4.78, 5) is 35.7. The van der Waals surface area contributed by atoms with Crippen molar-refractivity contribution in [3.05, 3.63) is 179 Å². The van der Waals surface area contributed by atoms with Crippen LogP contribution in [0.15, 0.2) is 120 Å². The summed E-state index contributed by atoms with van der Waals surface area (Å²) in [6.45, 7) is 13.5. The maximum absolute atomic E-state index is 11.3. The first-order chi connectivity index (χ1) is 29.0. The number of rotatable bonds is 13. The van der Waals surface area contributed by atoms with E-state index in [1.54, 1.807) is 28.7 Å². The minimum absolute atomic E-state index is 0.287. The molecule has 0 amide bonds. The number of hydrogen-bond donors (Lipinski definition) is 2. The summed E-state index contributed by atoms with van der Waals surface area (Å²) >= 11 is 6.21. The van der Waals surface area contributed by atoms with Gasteiger partial charge >= 0.3 is 11.9 Å². The number of carbonyl (C=O) groups is 2. The predicted molar refractivity (Wildman–Crippen MR) is 252 cm³/mol. The number of nitriles is 1. The van der Waals surface area contributed by atoms with Crippen LogP contribution in [0.3, 0.4) is 0 Å². The molecule has 0 spiro atoms. The molecule has 0 aliphatic carbocycles. The molecule has 60 heavy (non-hydrogen) atoms. The lowest BCUT2D eigenvalue weighted by Gasteiger charge is -2.29. The zero-order valence-corrected chi connectivity index (χ0v) is 35.8. The van der Waals surface area contributed by atoms with Gasteiger partial charge in [-0.05, 0) is 140 Å². The van der Waals surface area contributed by atoms with Gasteiger partial charge in [0, 0.05) is 50.4 Å². The monoisotopic (exact) mass is 857 g/mol.